The van der Waals surface area contributed by atoms with Gasteiger partial charge in [-0.05, 0) is 24.3 Å². The van der Waals surface area contributed by atoms with Gasteiger partial charge in [0.25, 0.3) is 0 Å². The summed E-state index contributed by atoms with van der Waals surface area (Å²) in [5.41, 5.74) is 1.09. The molecule has 1 aromatic carbocycles. The van der Waals surface area contributed by atoms with Crippen molar-refractivity contribution in [2.75, 3.05) is 6.26 Å². The van der Waals surface area contributed by atoms with E-state index < -0.39 is 9.84 Å². The molecule has 4 nitrogen and oxygen atoms in total. The molecule has 1 aromatic heterocycles. The molecule has 7 heteroatoms. The molecule has 0 saturated carbocycles. The van der Waals surface area contributed by atoms with E-state index in [4.69, 9.17) is 23.2 Å². The molecule has 18 heavy (non-hydrogen) atoms. The number of benzene rings is 1. The van der Waals surface area contributed by atoms with Gasteiger partial charge < -0.3 is 0 Å². The maximum atomic E-state index is 11.4. The third-order valence-corrected chi connectivity index (χ3v) is 3.42. The van der Waals surface area contributed by atoms with Crippen LogP contribution in [0.3, 0.4) is 0 Å². The molecule has 0 fully saturated rings. The smallest absolute Gasteiger partial charge is 0.227 e. The Hall–Kier alpha value is -1.17. The molecule has 0 amide bonds. The first-order valence-electron chi connectivity index (χ1n) is 4.86. The van der Waals surface area contributed by atoms with Gasteiger partial charge in [-0.3, -0.25) is 0 Å². The van der Waals surface area contributed by atoms with Crippen molar-refractivity contribution in [1.29, 1.82) is 0 Å². The van der Waals surface area contributed by atoms with Crippen molar-refractivity contribution in [3.8, 4) is 11.3 Å². The minimum atomic E-state index is -3.44. The average Bonchev–Trinajstić information content (AvgIpc) is 2.27. The predicted molar refractivity (Wildman–Crippen MR) is 70.6 cm³/mol. The summed E-state index contributed by atoms with van der Waals surface area (Å²) in [7, 11) is -3.44. The highest BCUT2D eigenvalue weighted by Gasteiger charge is 2.12. The number of hydrogen-bond acceptors (Lipinski definition) is 4. The molecule has 0 saturated heterocycles. The summed E-state index contributed by atoms with van der Waals surface area (Å²) in [6.07, 6.45) is 2.44. The van der Waals surface area contributed by atoms with Crippen molar-refractivity contribution in [2.24, 2.45) is 0 Å². The highest BCUT2D eigenvalue weighted by Crippen LogP contribution is 2.26. The summed E-state index contributed by atoms with van der Waals surface area (Å²) in [6, 6.07) is 6.49. The summed E-state index contributed by atoms with van der Waals surface area (Å²) in [4.78, 5) is 7.70. The van der Waals surface area contributed by atoms with E-state index in [0.29, 0.717) is 21.3 Å². The molecule has 1 heterocycles. The summed E-state index contributed by atoms with van der Waals surface area (Å²) in [5.74, 6) is 0. The summed E-state index contributed by atoms with van der Waals surface area (Å²) in [5, 5.41) is 0.685. The van der Waals surface area contributed by atoms with E-state index in [1.807, 2.05) is 0 Å². The first-order chi connectivity index (χ1) is 8.36. The highest BCUT2D eigenvalue weighted by molar-refractivity contribution is 7.90. The van der Waals surface area contributed by atoms with Crippen LogP contribution >= 0.6 is 23.2 Å². The molecule has 0 aliphatic carbocycles. The van der Waals surface area contributed by atoms with Crippen LogP contribution in [0.25, 0.3) is 11.3 Å². The Bertz CT molecular complexity index is 682. The number of rotatable bonds is 2. The maximum absolute atomic E-state index is 11.4. The number of nitrogens with zero attached hydrogens (tertiary/aromatic N) is 2. The van der Waals surface area contributed by atoms with E-state index in [1.165, 1.54) is 6.20 Å². The van der Waals surface area contributed by atoms with Crippen molar-refractivity contribution in [1.82, 2.24) is 9.97 Å². The topological polar surface area (TPSA) is 59.9 Å². The zero-order valence-electron chi connectivity index (χ0n) is 9.26. The fourth-order valence-corrected chi connectivity index (χ4v) is 2.42. The molecule has 0 radical (unpaired) electrons. The standard InChI is InChI=1S/C11H8Cl2N2O2S/c1-18(16,17)11-14-3-2-10(15-11)7-4-8(12)6-9(13)5-7/h2-6H,1H3. The Kier molecular flexibility index (Phi) is 3.56. The van der Waals surface area contributed by atoms with Gasteiger partial charge in [-0.15, -0.1) is 0 Å². The first-order valence-corrected chi connectivity index (χ1v) is 7.50. The van der Waals surface area contributed by atoms with E-state index in [9.17, 15) is 8.42 Å². The van der Waals surface area contributed by atoms with Gasteiger partial charge in [-0.1, -0.05) is 23.2 Å². The molecule has 94 valence electrons. The number of aromatic nitrogens is 2. The minimum Gasteiger partial charge on any atom is -0.227 e. The summed E-state index contributed by atoms with van der Waals surface area (Å²) < 4.78 is 22.7. The molecule has 2 rings (SSSR count). The van der Waals surface area contributed by atoms with Crippen molar-refractivity contribution in [2.45, 2.75) is 5.16 Å². The van der Waals surface area contributed by atoms with Crippen LogP contribution in [-0.4, -0.2) is 24.6 Å². The Balaban J connectivity index is 2.58. The lowest BCUT2D eigenvalue weighted by Gasteiger charge is -2.04. The molecule has 0 bridgehead atoms. The summed E-state index contributed by atoms with van der Waals surface area (Å²) >= 11 is 11.8. The van der Waals surface area contributed by atoms with Crippen LogP contribution in [0, 0.1) is 0 Å². The molecular formula is C11H8Cl2N2O2S. The van der Waals surface area contributed by atoms with Gasteiger partial charge in [0.15, 0.2) is 0 Å². The first kappa shape index (κ1) is 13.3. The van der Waals surface area contributed by atoms with Gasteiger partial charge >= 0.3 is 0 Å². The lowest BCUT2D eigenvalue weighted by Crippen LogP contribution is -2.04. The van der Waals surface area contributed by atoms with Crippen LogP contribution < -0.4 is 0 Å². The van der Waals surface area contributed by atoms with Gasteiger partial charge in [-0.25, -0.2) is 18.4 Å². The van der Waals surface area contributed by atoms with E-state index in [-0.39, 0.29) is 5.16 Å². The zero-order valence-corrected chi connectivity index (χ0v) is 11.6. The van der Waals surface area contributed by atoms with E-state index in [2.05, 4.69) is 9.97 Å². The number of sulfone groups is 1. The number of halogens is 2. The largest absolute Gasteiger partial charge is 0.247 e. The van der Waals surface area contributed by atoms with Gasteiger partial charge in [0.2, 0.25) is 15.0 Å². The highest BCUT2D eigenvalue weighted by atomic mass is 35.5. The average molecular weight is 303 g/mol. The van der Waals surface area contributed by atoms with Crippen LogP contribution in [0.5, 0.6) is 0 Å². The van der Waals surface area contributed by atoms with Crippen molar-refractivity contribution < 1.29 is 8.42 Å². The lowest BCUT2D eigenvalue weighted by molar-refractivity contribution is 0.593. The molecule has 0 N–H and O–H groups in total. The van der Waals surface area contributed by atoms with E-state index in [0.717, 1.165) is 6.26 Å². The van der Waals surface area contributed by atoms with Crippen molar-refractivity contribution in [3.05, 3.63) is 40.5 Å². The fraction of sp³-hybridized carbons (Fsp3) is 0.0909. The Labute approximate surface area is 115 Å². The second-order valence-electron chi connectivity index (χ2n) is 3.65. The SMILES string of the molecule is CS(=O)(=O)c1nccc(-c2cc(Cl)cc(Cl)c2)n1. The monoisotopic (exact) mass is 302 g/mol. The van der Waals surface area contributed by atoms with E-state index >= 15 is 0 Å². The molecule has 0 atom stereocenters. The Morgan fingerprint density at radius 3 is 2.28 bits per heavy atom. The molecule has 0 aliphatic rings. The maximum Gasteiger partial charge on any atom is 0.247 e. The van der Waals surface area contributed by atoms with Gasteiger partial charge in [-0.2, -0.15) is 0 Å². The zero-order chi connectivity index (χ0) is 13.3. The fourth-order valence-electron chi connectivity index (χ4n) is 1.38. The lowest BCUT2D eigenvalue weighted by atomic mass is 10.1. The molecule has 0 aliphatic heterocycles. The summed E-state index contributed by atoms with van der Waals surface area (Å²) in [6.45, 7) is 0. The quantitative estimate of drug-likeness (QED) is 0.800. The van der Waals surface area contributed by atoms with Gasteiger partial charge in [0.1, 0.15) is 0 Å². The predicted octanol–water partition coefficient (Wildman–Crippen LogP) is 2.85. The second-order valence-corrected chi connectivity index (χ2v) is 6.44. The molecular weight excluding hydrogens is 295 g/mol. The van der Waals surface area contributed by atoms with Crippen molar-refractivity contribution in [3.63, 3.8) is 0 Å². The second kappa shape index (κ2) is 4.84. The molecule has 0 unspecified atom stereocenters. The number of hydrogen-bond donors (Lipinski definition) is 0. The molecule has 0 spiro atoms. The van der Waals surface area contributed by atoms with Crippen LogP contribution in [0.4, 0.5) is 0 Å². The normalized spacial score (nSPS) is 11.5. The van der Waals surface area contributed by atoms with Crippen LogP contribution in [0.15, 0.2) is 35.6 Å². The third-order valence-electron chi connectivity index (χ3n) is 2.12. The van der Waals surface area contributed by atoms with E-state index in [1.54, 1.807) is 24.3 Å². The van der Waals surface area contributed by atoms with Gasteiger partial charge in [0.05, 0.1) is 5.69 Å². The Morgan fingerprint density at radius 2 is 1.72 bits per heavy atom. The minimum absolute atomic E-state index is 0.226. The van der Waals surface area contributed by atoms with Crippen LogP contribution in [0.2, 0.25) is 10.0 Å². The van der Waals surface area contributed by atoms with Gasteiger partial charge in [0, 0.05) is 28.1 Å². The Morgan fingerprint density at radius 1 is 1.11 bits per heavy atom. The molecule has 2 aromatic rings. The van der Waals surface area contributed by atoms with Crippen molar-refractivity contribution >= 4 is 33.0 Å². The third kappa shape index (κ3) is 2.98. The van der Waals surface area contributed by atoms with Crippen LogP contribution in [0.1, 0.15) is 0 Å². The van der Waals surface area contributed by atoms with Crippen LogP contribution in [-0.2, 0) is 9.84 Å².